The van der Waals surface area contributed by atoms with Crippen molar-refractivity contribution in [2.45, 2.75) is 97.9 Å². The topological polar surface area (TPSA) is 164 Å². The Morgan fingerprint density at radius 3 is 2.37 bits per heavy atom. The lowest BCUT2D eigenvalue weighted by Crippen LogP contribution is -2.74. The maximum Gasteiger partial charge on any atom is 0.254 e. The number of amides is 2. The summed E-state index contributed by atoms with van der Waals surface area (Å²) in [5.41, 5.74) is 7.27. The largest absolute Gasteiger partial charge is 0.489 e. The molecule has 2 aromatic carbocycles. The Kier molecular flexibility index (Phi) is 12.2. The number of aromatic nitrogens is 6. The van der Waals surface area contributed by atoms with E-state index < -0.39 is 0 Å². The van der Waals surface area contributed by atoms with Gasteiger partial charge in [-0.1, -0.05) is 57.5 Å². The molecule has 4 aromatic heterocycles. The van der Waals surface area contributed by atoms with Crippen LogP contribution in [0.2, 0.25) is 5.02 Å². The molecule has 6 aromatic rings. The van der Waals surface area contributed by atoms with E-state index in [0.29, 0.717) is 52.9 Å². The summed E-state index contributed by atoms with van der Waals surface area (Å²) >= 11 is 6.27. The zero-order valence-corrected chi connectivity index (χ0v) is 40.1. The molecule has 0 radical (unpaired) electrons. The Bertz CT molecular complexity index is 2900. The molecule has 7 heterocycles. The highest BCUT2D eigenvalue weighted by Gasteiger charge is 2.64. The minimum atomic E-state index is -0.385. The fourth-order valence-electron chi connectivity index (χ4n) is 11.4. The second-order valence-corrected chi connectivity index (χ2v) is 20.5. The molecule has 3 fully saturated rings. The molecular formula is C53H57ClN10O4. The fourth-order valence-corrected chi connectivity index (χ4v) is 11.7. The summed E-state index contributed by atoms with van der Waals surface area (Å²) in [7, 11) is 0. The summed E-state index contributed by atoms with van der Waals surface area (Å²) in [4.78, 5) is 49.2. The van der Waals surface area contributed by atoms with Gasteiger partial charge in [0, 0.05) is 134 Å². The van der Waals surface area contributed by atoms with Crippen molar-refractivity contribution in [1.29, 1.82) is 5.26 Å². The van der Waals surface area contributed by atoms with Crippen LogP contribution >= 0.6 is 11.6 Å². The van der Waals surface area contributed by atoms with Crippen LogP contribution in [0.1, 0.15) is 99.2 Å². The minimum Gasteiger partial charge on any atom is -0.489 e. The molecule has 0 bridgehead atoms. The Morgan fingerprint density at radius 1 is 0.912 bits per heavy atom. The predicted octanol–water partition coefficient (Wildman–Crippen LogP) is 8.80. The highest BCUT2D eigenvalue weighted by atomic mass is 35.5. The van der Waals surface area contributed by atoms with Crippen LogP contribution in [0, 0.1) is 28.1 Å². The van der Waals surface area contributed by atoms with Crippen LogP contribution < -0.4 is 15.0 Å². The molecule has 10 rings (SSSR count). The second kappa shape index (κ2) is 18.2. The Labute approximate surface area is 402 Å². The number of benzene rings is 2. The van der Waals surface area contributed by atoms with Gasteiger partial charge in [-0.3, -0.25) is 24.2 Å². The van der Waals surface area contributed by atoms with Crippen LogP contribution in [0.25, 0.3) is 33.3 Å². The fraction of sp³-hybridized carbons (Fsp3) is 0.434. The highest BCUT2D eigenvalue weighted by molar-refractivity contribution is 6.31. The van der Waals surface area contributed by atoms with Crippen molar-refractivity contribution in [1.82, 2.24) is 39.9 Å². The molecule has 0 unspecified atom stereocenters. The number of piperidine rings is 1. The lowest BCUT2D eigenvalue weighted by molar-refractivity contribution is -0.164. The zero-order chi connectivity index (χ0) is 47.3. The number of nitrogens with zero attached hydrogens (tertiary/aromatic N) is 9. The van der Waals surface area contributed by atoms with Gasteiger partial charge in [-0.2, -0.15) is 10.4 Å². The lowest BCUT2D eigenvalue weighted by atomic mass is 9.49. The standard InChI is InChI=1S/C53H57ClN10O4/c1-32(65)63-20-15-46-43(31-63)47(61-64(46)39-16-21-67-22-17-39)41-8-6-7-34-24-45(57-30-42(34)41)36-9-11-38(56-27-36)23-33-13-18-62(19-14-33)51-58-28-37(29-59-51)48(66)60-49-52(2,3)50(53(49,4)5)68-40-12-10-35(26-55)44(54)25-40/h6-12,24-25,27-30,33,39,49-50H,13-23,31H2,1-5H3,(H,60,66). The maximum atomic E-state index is 13.5. The van der Waals surface area contributed by atoms with E-state index in [1.54, 1.807) is 37.5 Å². The van der Waals surface area contributed by atoms with Gasteiger partial charge in [0.2, 0.25) is 11.9 Å². The van der Waals surface area contributed by atoms with Crippen LogP contribution in [0.4, 0.5) is 5.95 Å². The molecule has 3 aliphatic heterocycles. The minimum absolute atomic E-state index is 0.0859. The third-order valence-corrected chi connectivity index (χ3v) is 15.2. The summed E-state index contributed by atoms with van der Waals surface area (Å²) < 4.78 is 14.3. The van der Waals surface area contributed by atoms with E-state index in [0.717, 1.165) is 109 Å². The molecular weight excluding hydrogens is 876 g/mol. The number of pyridine rings is 2. The van der Waals surface area contributed by atoms with Crippen LogP contribution in [0.3, 0.4) is 0 Å². The van der Waals surface area contributed by atoms with E-state index >= 15 is 0 Å². The Hall–Kier alpha value is -6.43. The summed E-state index contributed by atoms with van der Waals surface area (Å²) in [6.07, 6.45) is 12.4. The van der Waals surface area contributed by atoms with Crippen molar-refractivity contribution >= 4 is 40.1 Å². The third kappa shape index (κ3) is 8.55. The summed E-state index contributed by atoms with van der Waals surface area (Å²) in [6.45, 7) is 14.3. The molecule has 4 aliphatic rings. The number of carbonyl (C=O) groups excluding carboxylic acids is 2. The van der Waals surface area contributed by atoms with Crippen molar-refractivity contribution in [2.24, 2.45) is 16.7 Å². The number of hydrogen-bond acceptors (Lipinski definition) is 11. The van der Waals surface area contributed by atoms with E-state index in [4.69, 9.17) is 36.1 Å². The SMILES string of the molecule is CC(=O)N1CCc2c(c(-c3cccc4cc(-c5ccc(CC6CCN(c7ncc(C(=O)NC8C(C)(C)C(Oc9ccc(C#N)c(Cl)c9)C8(C)C)cn7)CC6)nc5)ncc34)nn2C2CCOCC2)C1. The number of hydrogen-bond donors (Lipinski definition) is 1. The molecule has 14 nitrogen and oxygen atoms in total. The molecule has 1 saturated carbocycles. The second-order valence-electron chi connectivity index (χ2n) is 20.1. The van der Waals surface area contributed by atoms with E-state index in [9.17, 15) is 14.9 Å². The smallest absolute Gasteiger partial charge is 0.254 e. The number of fused-ring (bicyclic) bond motifs is 2. The Morgan fingerprint density at radius 2 is 1.68 bits per heavy atom. The number of halogens is 1. The summed E-state index contributed by atoms with van der Waals surface area (Å²) in [6, 6.07) is 20.0. The van der Waals surface area contributed by atoms with Gasteiger partial charge >= 0.3 is 0 Å². The zero-order valence-electron chi connectivity index (χ0n) is 39.3. The number of ether oxygens (including phenoxy) is 2. The van der Waals surface area contributed by atoms with Crippen molar-refractivity contribution < 1.29 is 19.1 Å². The van der Waals surface area contributed by atoms with Gasteiger partial charge < -0.3 is 24.6 Å². The quantitative estimate of drug-likeness (QED) is 0.140. The van der Waals surface area contributed by atoms with Crippen LogP contribution in [0.5, 0.6) is 5.75 Å². The monoisotopic (exact) mass is 932 g/mol. The normalized spacial score (nSPS) is 20.3. The number of nitriles is 1. The highest BCUT2D eigenvalue weighted by Crippen LogP contribution is 2.55. The van der Waals surface area contributed by atoms with Crippen molar-refractivity contribution in [3.05, 3.63) is 112 Å². The van der Waals surface area contributed by atoms with Gasteiger partial charge in [-0.25, -0.2) is 9.97 Å². The summed E-state index contributed by atoms with van der Waals surface area (Å²) in [5, 5.41) is 20.2. The van der Waals surface area contributed by atoms with E-state index in [1.807, 2.05) is 17.3 Å². The van der Waals surface area contributed by atoms with Gasteiger partial charge in [0.05, 0.1) is 33.6 Å². The molecule has 2 saturated heterocycles. The van der Waals surface area contributed by atoms with Crippen LogP contribution in [-0.2, 0) is 28.9 Å². The number of carbonyl (C=O) groups is 2. The first-order valence-corrected chi connectivity index (χ1v) is 24.2. The van der Waals surface area contributed by atoms with Gasteiger partial charge in [-0.05, 0) is 73.7 Å². The summed E-state index contributed by atoms with van der Waals surface area (Å²) in [5.74, 6) is 1.55. The molecule has 1 N–H and O–H groups in total. The third-order valence-electron chi connectivity index (χ3n) is 14.9. The number of rotatable bonds is 10. The van der Waals surface area contributed by atoms with Crippen molar-refractivity contribution in [2.75, 3.05) is 37.7 Å². The van der Waals surface area contributed by atoms with Gasteiger partial charge in [0.15, 0.2) is 0 Å². The van der Waals surface area contributed by atoms with Gasteiger partial charge in [0.1, 0.15) is 17.9 Å². The van der Waals surface area contributed by atoms with E-state index in [2.05, 4.69) is 95.0 Å². The molecule has 68 heavy (non-hydrogen) atoms. The average molecular weight is 934 g/mol. The maximum absolute atomic E-state index is 13.5. The number of nitrogens with one attached hydrogen (secondary N) is 1. The van der Waals surface area contributed by atoms with E-state index in [1.165, 1.54) is 5.69 Å². The first-order chi connectivity index (χ1) is 32.8. The molecule has 0 atom stereocenters. The molecule has 350 valence electrons. The van der Waals surface area contributed by atoms with Gasteiger partial charge in [0.25, 0.3) is 5.91 Å². The van der Waals surface area contributed by atoms with Crippen molar-refractivity contribution in [3.63, 3.8) is 0 Å². The average Bonchev–Trinajstić information content (AvgIpc) is 3.74. The lowest BCUT2D eigenvalue weighted by Gasteiger charge is -2.63. The predicted molar refractivity (Wildman–Crippen MR) is 260 cm³/mol. The molecule has 15 heteroatoms. The first kappa shape index (κ1) is 45.4. The van der Waals surface area contributed by atoms with Crippen LogP contribution in [0.15, 0.2) is 79.4 Å². The molecule has 0 spiro atoms. The Balaban J connectivity index is 0.746. The number of anilines is 1. The van der Waals surface area contributed by atoms with Crippen LogP contribution in [-0.4, -0.2) is 91.4 Å². The van der Waals surface area contributed by atoms with Gasteiger partial charge in [-0.15, -0.1) is 0 Å². The van der Waals surface area contributed by atoms with Crippen molar-refractivity contribution in [3.8, 4) is 34.3 Å². The van der Waals surface area contributed by atoms with E-state index in [-0.39, 0.29) is 34.8 Å². The molecule has 2 amide bonds. The molecule has 1 aliphatic carbocycles. The first-order valence-electron chi connectivity index (χ1n) is 23.8.